The Morgan fingerprint density at radius 3 is 3.13 bits per heavy atom. The fourth-order valence-electron chi connectivity index (χ4n) is 1.08. The third-order valence-corrected chi connectivity index (χ3v) is 1.72. The molecule has 0 spiro atoms. The lowest BCUT2D eigenvalue weighted by molar-refractivity contribution is 0.217. The summed E-state index contributed by atoms with van der Waals surface area (Å²) in [7, 11) is 0. The highest BCUT2D eigenvalue weighted by Crippen LogP contribution is 2.21. The Bertz CT molecular complexity index is 462. The van der Waals surface area contributed by atoms with Gasteiger partial charge in [0.2, 0.25) is 5.76 Å². The number of rotatable bonds is 2. The molecule has 0 aromatic carbocycles. The molecular formula is C8H5N4O3. The van der Waals surface area contributed by atoms with Crippen molar-refractivity contribution in [2.75, 3.05) is 5.17 Å². The number of hydrogen-bond donors (Lipinski definition) is 1. The smallest absolute Gasteiger partial charge is 0.352 e. The molecule has 0 aliphatic carbocycles. The number of hydrazine groups is 1. The molecule has 2 aromatic heterocycles. The van der Waals surface area contributed by atoms with Gasteiger partial charge in [0, 0.05) is 6.07 Å². The van der Waals surface area contributed by atoms with E-state index in [-0.39, 0.29) is 6.01 Å². The van der Waals surface area contributed by atoms with Gasteiger partial charge in [-0.15, -0.1) is 0 Å². The van der Waals surface area contributed by atoms with Gasteiger partial charge in [0.05, 0.1) is 6.20 Å². The van der Waals surface area contributed by atoms with Gasteiger partial charge < -0.3 is 13.8 Å². The van der Waals surface area contributed by atoms with Gasteiger partial charge in [-0.1, -0.05) is 10.3 Å². The Morgan fingerprint density at radius 1 is 1.40 bits per heavy atom. The zero-order chi connectivity index (χ0) is 10.1. The number of hydrogen-bond acceptors (Lipinski definition) is 7. The topological polar surface area (TPSA) is 76.6 Å². The van der Waals surface area contributed by atoms with Crippen molar-refractivity contribution in [2.45, 2.75) is 0 Å². The standard InChI is InChI=1S/C8H5N4O3/c1-3-14-11-6(1)7-5-10-12(15-7)8-9-2-4-13-8/h1-4,10H. The predicted octanol–water partition coefficient (Wildman–Crippen LogP) is 0.721. The van der Waals surface area contributed by atoms with E-state index in [9.17, 15) is 0 Å². The van der Waals surface area contributed by atoms with E-state index in [1.54, 1.807) is 6.07 Å². The van der Waals surface area contributed by atoms with E-state index in [4.69, 9.17) is 9.25 Å². The van der Waals surface area contributed by atoms with Crippen LogP contribution in [0.4, 0.5) is 6.01 Å². The molecule has 1 aliphatic rings. The van der Waals surface area contributed by atoms with E-state index in [0.717, 1.165) is 0 Å². The molecular weight excluding hydrogens is 200 g/mol. The van der Waals surface area contributed by atoms with Gasteiger partial charge in [0.25, 0.3) is 0 Å². The van der Waals surface area contributed by atoms with E-state index < -0.39 is 0 Å². The zero-order valence-electron chi connectivity index (χ0n) is 7.38. The van der Waals surface area contributed by atoms with E-state index in [2.05, 4.69) is 26.3 Å². The van der Waals surface area contributed by atoms with Gasteiger partial charge in [-0.25, -0.2) is 0 Å². The molecule has 7 heteroatoms. The molecule has 1 radical (unpaired) electrons. The molecule has 0 unspecified atom stereocenters. The number of aromatic nitrogens is 2. The number of oxazole rings is 1. The Labute approximate surface area is 83.8 Å². The van der Waals surface area contributed by atoms with Crippen LogP contribution in [-0.2, 0) is 4.84 Å². The second kappa shape index (κ2) is 3.05. The lowest BCUT2D eigenvalue weighted by atomic mass is 10.4. The van der Waals surface area contributed by atoms with Gasteiger partial charge in [0.15, 0.2) is 5.69 Å². The number of nitrogens with one attached hydrogen (secondary N) is 1. The van der Waals surface area contributed by atoms with E-state index in [1.165, 1.54) is 23.9 Å². The van der Waals surface area contributed by atoms with E-state index in [1.807, 2.05) is 0 Å². The van der Waals surface area contributed by atoms with E-state index >= 15 is 0 Å². The van der Waals surface area contributed by atoms with Crippen molar-refractivity contribution < 1.29 is 13.8 Å². The molecule has 15 heavy (non-hydrogen) atoms. The molecule has 3 rings (SSSR count). The Kier molecular flexibility index (Phi) is 1.61. The number of nitrogens with zero attached hydrogens (tertiary/aromatic N) is 3. The first-order valence-corrected chi connectivity index (χ1v) is 4.10. The molecule has 0 saturated heterocycles. The summed E-state index contributed by atoms with van der Waals surface area (Å²) < 4.78 is 9.69. The van der Waals surface area contributed by atoms with Crippen LogP contribution >= 0.6 is 0 Å². The van der Waals surface area contributed by atoms with Gasteiger partial charge in [-0.05, 0) is 0 Å². The summed E-state index contributed by atoms with van der Waals surface area (Å²) in [6.45, 7) is 0. The summed E-state index contributed by atoms with van der Waals surface area (Å²) in [6, 6.07) is 1.93. The van der Waals surface area contributed by atoms with Crippen LogP contribution in [0, 0.1) is 6.20 Å². The van der Waals surface area contributed by atoms with Crippen LogP contribution in [0.1, 0.15) is 5.69 Å². The van der Waals surface area contributed by atoms with E-state index in [0.29, 0.717) is 11.5 Å². The maximum Gasteiger partial charge on any atom is 0.352 e. The Hall–Kier alpha value is -2.44. The van der Waals surface area contributed by atoms with Gasteiger partial charge in [-0.2, -0.15) is 4.98 Å². The number of anilines is 1. The summed E-state index contributed by atoms with van der Waals surface area (Å²) >= 11 is 0. The molecule has 75 valence electrons. The zero-order valence-corrected chi connectivity index (χ0v) is 7.38. The SMILES string of the molecule is [C]1=C(c2ccon2)ON(c2ncco2)N1. The fraction of sp³-hybridized carbons (Fsp3) is 0. The van der Waals surface area contributed by atoms with Crippen molar-refractivity contribution in [1.82, 2.24) is 15.6 Å². The monoisotopic (exact) mass is 205 g/mol. The molecule has 2 aromatic rings. The normalized spacial score (nSPS) is 14.7. The van der Waals surface area contributed by atoms with Crippen LogP contribution in [-0.4, -0.2) is 10.1 Å². The highest BCUT2D eigenvalue weighted by molar-refractivity contribution is 5.55. The summed E-state index contributed by atoms with van der Waals surface area (Å²) in [5, 5.41) is 4.92. The fourth-order valence-corrected chi connectivity index (χ4v) is 1.08. The van der Waals surface area contributed by atoms with Gasteiger partial charge in [0.1, 0.15) is 18.7 Å². The molecule has 7 nitrogen and oxygen atoms in total. The van der Waals surface area contributed by atoms with Crippen molar-refractivity contribution in [3.8, 4) is 0 Å². The molecule has 0 fully saturated rings. The molecule has 3 heterocycles. The van der Waals surface area contributed by atoms with Crippen molar-refractivity contribution in [1.29, 1.82) is 0 Å². The average molecular weight is 205 g/mol. The average Bonchev–Trinajstić information content (AvgIpc) is 3.02. The van der Waals surface area contributed by atoms with Gasteiger partial charge >= 0.3 is 6.01 Å². The molecule has 0 amide bonds. The summed E-state index contributed by atoms with van der Waals surface area (Å²) in [6.07, 6.45) is 7.14. The van der Waals surface area contributed by atoms with Crippen molar-refractivity contribution in [2.24, 2.45) is 0 Å². The van der Waals surface area contributed by atoms with Crippen LogP contribution in [0.2, 0.25) is 0 Å². The molecule has 0 saturated carbocycles. The van der Waals surface area contributed by atoms with Crippen LogP contribution in [0.25, 0.3) is 5.76 Å². The van der Waals surface area contributed by atoms with Crippen LogP contribution in [0.3, 0.4) is 0 Å². The second-order valence-corrected chi connectivity index (χ2v) is 2.65. The minimum absolute atomic E-state index is 0.279. The van der Waals surface area contributed by atoms with Crippen LogP contribution in [0.15, 0.2) is 33.7 Å². The summed E-state index contributed by atoms with van der Waals surface area (Å²) in [5.41, 5.74) is 3.22. The van der Waals surface area contributed by atoms with Crippen LogP contribution < -0.4 is 10.6 Å². The first-order chi connectivity index (χ1) is 7.43. The molecule has 1 N–H and O–H groups in total. The lowest BCUT2D eigenvalue weighted by Crippen LogP contribution is -2.28. The quantitative estimate of drug-likeness (QED) is 0.773. The van der Waals surface area contributed by atoms with Crippen molar-refractivity contribution in [3.63, 3.8) is 0 Å². The Morgan fingerprint density at radius 2 is 2.40 bits per heavy atom. The first-order valence-electron chi connectivity index (χ1n) is 4.10. The Balaban J connectivity index is 1.78. The third-order valence-electron chi connectivity index (χ3n) is 1.72. The lowest BCUT2D eigenvalue weighted by Gasteiger charge is -2.11. The molecule has 0 atom stereocenters. The first kappa shape index (κ1) is 7.92. The third kappa shape index (κ3) is 1.30. The largest absolute Gasteiger partial charge is 0.429 e. The van der Waals surface area contributed by atoms with Crippen molar-refractivity contribution in [3.05, 3.63) is 36.7 Å². The van der Waals surface area contributed by atoms with Crippen molar-refractivity contribution >= 4 is 11.8 Å². The maximum absolute atomic E-state index is 5.30. The van der Waals surface area contributed by atoms with Gasteiger partial charge in [-0.3, -0.25) is 5.43 Å². The minimum Gasteiger partial charge on any atom is -0.429 e. The molecule has 0 bridgehead atoms. The maximum atomic E-state index is 5.30. The van der Waals surface area contributed by atoms with Crippen LogP contribution in [0.5, 0.6) is 0 Å². The summed E-state index contributed by atoms with van der Waals surface area (Å²) in [5.74, 6) is 0.405. The predicted molar refractivity (Wildman–Crippen MR) is 46.4 cm³/mol. The second-order valence-electron chi connectivity index (χ2n) is 2.65. The minimum atomic E-state index is 0.279. The highest BCUT2D eigenvalue weighted by Gasteiger charge is 2.23. The molecule has 1 aliphatic heterocycles. The highest BCUT2D eigenvalue weighted by atomic mass is 16.7. The summed E-state index contributed by atoms with van der Waals surface area (Å²) in [4.78, 5) is 9.19.